The van der Waals surface area contributed by atoms with Crippen LogP contribution in [0.3, 0.4) is 0 Å². The second-order valence-corrected chi connectivity index (χ2v) is 4.95. The molecule has 0 radical (unpaired) electrons. The standard InChI is InChI=1S/C13H9ClF5N3O/c1-5-6(14)4-20-22(5)3-2-7(23)21-13-11(18)9(16)8(15)10(17)12(13)19/h4H,2-3H2,1H3,(H,21,23). The predicted molar refractivity (Wildman–Crippen MR) is 71.5 cm³/mol. The Morgan fingerprint density at radius 1 is 1.13 bits per heavy atom. The molecule has 2 aromatic rings. The fraction of sp³-hybridized carbons (Fsp3) is 0.231. The van der Waals surface area contributed by atoms with Crippen LogP contribution >= 0.6 is 11.6 Å². The fourth-order valence-corrected chi connectivity index (χ4v) is 1.91. The molecule has 0 spiro atoms. The number of hydrogen-bond donors (Lipinski definition) is 1. The van der Waals surface area contributed by atoms with Gasteiger partial charge in [-0.1, -0.05) is 11.6 Å². The molecule has 0 saturated carbocycles. The summed E-state index contributed by atoms with van der Waals surface area (Å²) in [6.07, 6.45) is 1.04. The molecule has 10 heteroatoms. The first-order valence-corrected chi connectivity index (χ1v) is 6.61. The van der Waals surface area contributed by atoms with Crippen LogP contribution in [0.1, 0.15) is 12.1 Å². The second-order valence-electron chi connectivity index (χ2n) is 4.54. The first-order valence-electron chi connectivity index (χ1n) is 6.23. The highest BCUT2D eigenvalue weighted by atomic mass is 35.5. The fourth-order valence-electron chi connectivity index (χ4n) is 1.77. The van der Waals surface area contributed by atoms with Crippen molar-refractivity contribution in [2.45, 2.75) is 19.9 Å². The highest BCUT2D eigenvalue weighted by Gasteiger charge is 2.26. The summed E-state index contributed by atoms with van der Waals surface area (Å²) in [4.78, 5) is 11.7. The average molecular weight is 354 g/mol. The van der Waals surface area contributed by atoms with Gasteiger partial charge in [-0.05, 0) is 6.92 Å². The molecule has 1 heterocycles. The van der Waals surface area contributed by atoms with Gasteiger partial charge >= 0.3 is 0 Å². The van der Waals surface area contributed by atoms with Crippen molar-refractivity contribution in [1.29, 1.82) is 0 Å². The number of benzene rings is 1. The van der Waals surface area contributed by atoms with Gasteiger partial charge in [0, 0.05) is 6.42 Å². The minimum absolute atomic E-state index is 0.0137. The second kappa shape index (κ2) is 6.53. The molecule has 2 rings (SSSR count). The van der Waals surface area contributed by atoms with E-state index in [-0.39, 0.29) is 13.0 Å². The van der Waals surface area contributed by atoms with E-state index in [1.165, 1.54) is 10.9 Å². The Labute approximate surface area is 131 Å². The average Bonchev–Trinajstić information content (AvgIpc) is 2.85. The third-order valence-corrected chi connectivity index (χ3v) is 3.44. The maximum absolute atomic E-state index is 13.4. The lowest BCUT2D eigenvalue weighted by Crippen LogP contribution is -2.19. The molecule has 1 N–H and O–H groups in total. The van der Waals surface area contributed by atoms with Gasteiger partial charge < -0.3 is 5.32 Å². The van der Waals surface area contributed by atoms with Crippen molar-refractivity contribution in [3.8, 4) is 0 Å². The van der Waals surface area contributed by atoms with Crippen molar-refractivity contribution in [1.82, 2.24) is 9.78 Å². The van der Waals surface area contributed by atoms with Crippen LogP contribution in [-0.2, 0) is 11.3 Å². The molecule has 0 bridgehead atoms. The summed E-state index contributed by atoms with van der Waals surface area (Å²) in [5, 5.41) is 5.90. The van der Waals surface area contributed by atoms with Gasteiger partial charge in [-0.15, -0.1) is 0 Å². The zero-order valence-electron chi connectivity index (χ0n) is 11.6. The van der Waals surface area contributed by atoms with Crippen LogP contribution in [0.15, 0.2) is 6.20 Å². The van der Waals surface area contributed by atoms with E-state index in [1.54, 1.807) is 12.2 Å². The molecule has 0 aliphatic carbocycles. The van der Waals surface area contributed by atoms with E-state index in [1.807, 2.05) is 0 Å². The minimum atomic E-state index is -2.29. The molecule has 0 unspecified atom stereocenters. The van der Waals surface area contributed by atoms with E-state index in [2.05, 4.69) is 5.10 Å². The zero-order valence-corrected chi connectivity index (χ0v) is 12.3. The summed E-state index contributed by atoms with van der Waals surface area (Å²) in [5.41, 5.74) is -0.822. The summed E-state index contributed by atoms with van der Waals surface area (Å²) < 4.78 is 67.1. The molecular weight excluding hydrogens is 345 g/mol. The van der Waals surface area contributed by atoms with Gasteiger partial charge in [-0.2, -0.15) is 5.10 Å². The number of halogens is 6. The van der Waals surface area contributed by atoms with Crippen LogP contribution in [0.2, 0.25) is 5.02 Å². The van der Waals surface area contributed by atoms with Crippen molar-refractivity contribution in [2.75, 3.05) is 5.32 Å². The number of nitrogens with one attached hydrogen (secondary N) is 1. The van der Waals surface area contributed by atoms with Crippen molar-refractivity contribution in [2.24, 2.45) is 0 Å². The van der Waals surface area contributed by atoms with Gasteiger partial charge in [0.25, 0.3) is 0 Å². The summed E-state index contributed by atoms with van der Waals surface area (Å²) in [6.45, 7) is 1.65. The smallest absolute Gasteiger partial charge is 0.226 e. The van der Waals surface area contributed by atoms with E-state index in [0.29, 0.717) is 10.7 Å². The normalized spacial score (nSPS) is 10.9. The number of nitrogens with zero attached hydrogens (tertiary/aromatic N) is 2. The third-order valence-electron chi connectivity index (χ3n) is 3.07. The monoisotopic (exact) mass is 353 g/mol. The van der Waals surface area contributed by atoms with E-state index in [0.717, 1.165) is 0 Å². The lowest BCUT2D eigenvalue weighted by Gasteiger charge is -2.10. The van der Waals surface area contributed by atoms with Crippen molar-refractivity contribution in [3.63, 3.8) is 0 Å². The first kappa shape index (κ1) is 17.2. The van der Waals surface area contributed by atoms with E-state index >= 15 is 0 Å². The Kier molecular flexibility index (Phi) is 4.88. The van der Waals surface area contributed by atoms with Crippen molar-refractivity contribution >= 4 is 23.2 Å². The molecule has 124 valence electrons. The van der Waals surface area contributed by atoms with E-state index in [4.69, 9.17) is 11.6 Å². The van der Waals surface area contributed by atoms with Crippen LogP contribution < -0.4 is 5.32 Å². The Bertz CT molecular complexity index is 748. The Balaban J connectivity index is 2.13. The first-order chi connectivity index (χ1) is 10.7. The topological polar surface area (TPSA) is 46.9 Å². The number of aryl methyl sites for hydroxylation is 1. The summed E-state index contributed by atoms with van der Waals surface area (Å²) in [5.74, 6) is -11.7. The SMILES string of the molecule is Cc1c(Cl)cnn1CCC(=O)Nc1c(F)c(F)c(F)c(F)c1F. The van der Waals surface area contributed by atoms with E-state index < -0.39 is 40.7 Å². The summed E-state index contributed by atoms with van der Waals surface area (Å²) in [7, 11) is 0. The molecule has 0 aliphatic heterocycles. The van der Waals surface area contributed by atoms with E-state index in [9.17, 15) is 26.7 Å². The van der Waals surface area contributed by atoms with Gasteiger partial charge in [0.2, 0.25) is 11.7 Å². The highest BCUT2D eigenvalue weighted by molar-refractivity contribution is 6.31. The summed E-state index contributed by atoms with van der Waals surface area (Å²) in [6, 6.07) is 0. The largest absolute Gasteiger partial charge is 0.321 e. The molecule has 0 atom stereocenters. The van der Waals surface area contributed by atoms with Crippen LogP contribution in [0.4, 0.5) is 27.6 Å². The molecule has 4 nitrogen and oxygen atoms in total. The highest BCUT2D eigenvalue weighted by Crippen LogP contribution is 2.27. The molecule has 0 saturated heterocycles. The van der Waals surface area contributed by atoms with Gasteiger partial charge in [0.15, 0.2) is 23.3 Å². The number of aromatic nitrogens is 2. The third kappa shape index (κ3) is 3.29. The van der Waals surface area contributed by atoms with Gasteiger partial charge in [0.05, 0.1) is 23.5 Å². The lowest BCUT2D eigenvalue weighted by molar-refractivity contribution is -0.116. The van der Waals surface area contributed by atoms with Crippen molar-refractivity contribution in [3.05, 3.63) is 46.0 Å². The Morgan fingerprint density at radius 3 is 2.13 bits per heavy atom. The Hall–Kier alpha value is -2.16. The number of hydrogen-bond acceptors (Lipinski definition) is 2. The van der Waals surface area contributed by atoms with Crippen LogP contribution in [0, 0.1) is 36.0 Å². The van der Waals surface area contributed by atoms with Crippen molar-refractivity contribution < 1.29 is 26.7 Å². The van der Waals surface area contributed by atoms with Gasteiger partial charge in [-0.25, -0.2) is 22.0 Å². The molecule has 1 aromatic carbocycles. The quantitative estimate of drug-likeness (QED) is 0.519. The van der Waals surface area contributed by atoms with Crippen LogP contribution in [-0.4, -0.2) is 15.7 Å². The Morgan fingerprint density at radius 2 is 1.65 bits per heavy atom. The molecule has 0 fully saturated rings. The molecule has 1 aromatic heterocycles. The number of rotatable bonds is 4. The predicted octanol–water partition coefficient (Wildman–Crippen LogP) is 3.57. The minimum Gasteiger partial charge on any atom is -0.321 e. The molecule has 1 amide bonds. The van der Waals surface area contributed by atoms with Gasteiger partial charge in [-0.3, -0.25) is 9.48 Å². The number of amides is 1. The van der Waals surface area contributed by atoms with Crippen LogP contribution in [0.25, 0.3) is 0 Å². The molecular formula is C13H9ClF5N3O. The summed E-state index contributed by atoms with van der Waals surface area (Å²) >= 11 is 5.76. The molecule has 0 aliphatic rings. The number of carbonyl (C=O) groups excluding carboxylic acids is 1. The number of anilines is 1. The van der Waals surface area contributed by atoms with Crippen LogP contribution in [0.5, 0.6) is 0 Å². The zero-order chi connectivity index (χ0) is 17.3. The maximum atomic E-state index is 13.4. The lowest BCUT2D eigenvalue weighted by atomic mass is 10.2. The van der Waals surface area contributed by atoms with Gasteiger partial charge in [0.1, 0.15) is 5.69 Å². The number of carbonyl (C=O) groups is 1. The molecule has 23 heavy (non-hydrogen) atoms. The maximum Gasteiger partial charge on any atom is 0.226 e.